The molecule has 35 heavy (non-hydrogen) atoms. The smallest absolute Gasteiger partial charge is 0.417 e. The van der Waals surface area contributed by atoms with Crippen molar-refractivity contribution in [2.75, 3.05) is 13.7 Å². The predicted octanol–water partition coefficient (Wildman–Crippen LogP) is 4.98. The SMILES string of the molecule is COCc1c(Br)c(C)nc(OCC(=O)N/N=C\c2ccc(-c3ccccc3C(F)(F)F)o2)c1C#N. The Bertz CT molecular complexity index is 1300. The Balaban J connectivity index is 1.65. The fourth-order valence-corrected chi connectivity index (χ4v) is 3.46. The maximum Gasteiger partial charge on any atom is 0.417 e. The van der Waals surface area contributed by atoms with E-state index >= 15 is 0 Å². The summed E-state index contributed by atoms with van der Waals surface area (Å²) in [5, 5.41) is 13.2. The molecule has 0 spiro atoms. The summed E-state index contributed by atoms with van der Waals surface area (Å²) in [7, 11) is 1.48. The summed E-state index contributed by atoms with van der Waals surface area (Å²) >= 11 is 3.36. The van der Waals surface area contributed by atoms with E-state index in [1.807, 2.05) is 6.07 Å². The number of hydrazone groups is 1. The van der Waals surface area contributed by atoms with Crippen LogP contribution in [0.5, 0.6) is 5.88 Å². The number of rotatable bonds is 8. The molecule has 0 atom stereocenters. The lowest BCUT2D eigenvalue weighted by Crippen LogP contribution is -2.25. The number of amides is 1. The van der Waals surface area contributed by atoms with Gasteiger partial charge in [0.15, 0.2) is 6.61 Å². The number of methoxy groups -OCH3 is 1. The molecule has 2 heterocycles. The summed E-state index contributed by atoms with van der Waals surface area (Å²) in [4.78, 5) is 16.3. The number of hydrogen-bond acceptors (Lipinski definition) is 7. The van der Waals surface area contributed by atoms with Crippen LogP contribution in [0.25, 0.3) is 11.3 Å². The molecule has 0 aliphatic heterocycles. The second kappa shape index (κ2) is 11.2. The van der Waals surface area contributed by atoms with Gasteiger partial charge in [-0.05, 0) is 41.1 Å². The van der Waals surface area contributed by atoms with Gasteiger partial charge in [-0.15, -0.1) is 0 Å². The average molecular weight is 551 g/mol. The van der Waals surface area contributed by atoms with Crippen molar-refractivity contribution in [3.05, 3.63) is 69.0 Å². The van der Waals surface area contributed by atoms with Crippen LogP contribution in [0.4, 0.5) is 13.2 Å². The first-order chi connectivity index (χ1) is 16.7. The molecule has 2 aromatic heterocycles. The fraction of sp³-hybridized carbons (Fsp3) is 0.217. The number of hydrogen-bond donors (Lipinski definition) is 1. The molecule has 1 N–H and O–H groups in total. The fourth-order valence-electron chi connectivity index (χ4n) is 3.06. The van der Waals surface area contributed by atoms with E-state index in [4.69, 9.17) is 13.9 Å². The first-order valence-corrected chi connectivity index (χ1v) is 10.7. The molecule has 0 aliphatic rings. The van der Waals surface area contributed by atoms with E-state index in [0.29, 0.717) is 15.7 Å². The van der Waals surface area contributed by atoms with Crippen molar-refractivity contribution in [1.82, 2.24) is 10.4 Å². The lowest BCUT2D eigenvalue weighted by atomic mass is 10.1. The first kappa shape index (κ1) is 25.9. The zero-order chi connectivity index (χ0) is 25.6. The molecule has 3 rings (SSSR count). The highest BCUT2D eigenvalue weighted by Gasteiger charge is 2.34. The van der Waals surface area contributed by atoms with Gasteiger partial charge in [-0.3, -0.25) is 4.79 Å². The number of alkyl halides is 3. The number of nitrogens with zero attached hydrogens (tertiary/aromatic N) is 3. The summed E-state index contributed by atoms with van der Waals surface area (Å²) in [5.41, 5.74) is 2.48. The molecule has 1 amide bonds. The van der Waals surface area contributed by atoms with E-state index in [-0.39, 0.29) is 35.1 Å². The molecule has 12 heteroatoms. The molecule has 0 saturated heterocycles. The number of ether oxygens (including phenoxy) is 2. The molecule has 0 saturated carbocycles. The number of carbonyl (C=O) groups is 1. The van der Waals surface area contributed by atoms with E-state index < -0.39 is 24.3 Å². The summed E-state index contributed by atoms with van der Waals surface area (Å²) in [6.07, 6.45) is -3.40. The average Bonchev–Trinajstić information content (AvgIpc) is 3.29. The van der Waals surface area contributed by atoms with Gasteiger partial charge in [0, 0.05) is 22.7 Å². The Morgan fingerprint density at radius 2 is 2.06 bits per heavy atom. The number of aromatic nitrogens is 1. The third kappa shape index (κ3) is 6.26. The minimum atomic E-state index is -4.54. The van der Waals surface area contributed by atoms with Crippen LogP contribution in [-0.4, -0.2) is 30.8 Å². The summed E-state index contributed by atoms with van der Waals surface area (Å²) in [5.74, 6) is -0.561. The highest BCUT2D eigenvalue weighted by Crippen LogP contribution is 2.37. The van der Waals surface area contributed by atoms with Crippen LogP contribution in [-0.2, 0) is 22.3 Å². The second-order valence-corrected chi connectivity index (χ2v) is 7.83. The zero-order valence-electron chi connectivity index (χ0n) is 18.4. The molecule has 182 valence electrons. The van der Waals surface area contributed by atoms with Gasteiger partial charge in [-0.1, -0.05) is 18.2 Å². The highest BCUT2D eigenvalue weighted by atomic mass is 79.9. The number of benzene rings is 1. The van der Waals surface area contributed by atoms with E-state index in [9.17, 15) is 23.2 Å². The van der Waals surface area contributed by atoms with Crippen molar-refractivity contribution in [2.45, 2.75) is 19.7 Å². The Hall–Kier alpha value is -3.69. The lowest BCUT2D eigenvalue weighted by Gasteiger charge is -2.13. The number of nitrogens with one attached hydrogen (secondary N) is 1. The molecular formula is C23H18BrF3N4O4. The second-order valence-electron chi connectivity index (χ2n) is 7.04. The van der Waals surface area contributed by atoms with Crippen LogP contribution in [0.3, 0.4) is 0 Å². The number of carbonyl (C=O) groups excluding carboxylic acids is 1. The molecule has 0 bridgehead atoms. The number of pyridine rings is 1. The number of nitriles is 1. The maximum atomic E-state index is 13.2. The monoisotopic (exact) mass is 550 g/mol. The third-order valence-electron chi connectivity index (χ3n) is 4.61. The summed E-state index contributed by atoms with van der Waals surface area (Å²) in [6.45, 7) is 1.35. The highest BCUT2D eigenvalue weighted by molar-refractivity contribution is 9.10. The Labute approximate surface area is 206 Å². The molecule has 0 unspecified atom stereocenters. The molecule has 1 aromatic carbocycles. The Kier molecular flexibility index (Phi) is 8.26. The van der Waals surface area contributed by atoms with Gasteiger partial charge < -0.3 is 13.9 Å². The van der Waals surface area contributed by atoms with Gasteiger partial charge in [0.2, 0.25) is 5.88 Å². The van der Waals surface area contributed by atoms with Gasteiger partial charge in [-0.25, -0.2) is 10.4 Å². The van der Waals surface area contributed by atoms with E-state index in [1.165, 1.54) is 37.4 Å². The van der Waals surface area contributed by atoms with Crippen LogP contribution in [0.2, 0.25) is 0 Å². The van der Waals surface area contributed by atoms with Crippen LogP contribution >= 0.6 is 15.9 Å². The van der Waals surface area contributed by atoms with Gasteiger partial charge in [0.25, 0.3) is 5.91 Å². The predicted molar refractivity (Wildman–Crippen MR) is 122 cm³/mol. The quantitative estimate of drug-likeness (QED) is 0.313. The number of halogens is 4. The molecule has 0 fully saturated rings. The topological polar surface area (TPSA) is 110 Å². The van der Waals surface area contributed by atoms with Gasteiger partial charge in [0.05, 0.1) is 24.1 Å². The Morgan fingerprint density at radius 1 is 1.31 bits per heavy atom. The van der Waals surface area contributed by atoms with Crippen LogP contribution in [0.15, 0.2) is 50.4 Å². The van der Waals surface area contributed by atoms with Crippen molar-refractivity contribution >= 4 is 28.1 Å². The summed E-state index contributed by atoms with van der Waals surface area (Å²) < 4.78 is 56.2. The lowest BCUT2D eigenvalue weighted by molar-refractivity contribution is -0.137. The standard InChI is InChI=1S/C23H18BrF3N4O4/c1-13-21(24)17(11-33-2)16(9-28)22(30-13)34-12-20(32)31-29-10-14-7-8-19(35-14)15-5-3-4-6-18(15)23(25,26)27/h3-8,10H,11-12H2,1-2H3,(H,31,32)/b29-10-. The van der Waals surface area contributed by atoms with Crippen molar-refractivity contribution in [3.63, 3.8) is 0 Å². The summed E-state index contributed by atoms with van der Waals surface area (Å²) in [6, 6.07) is 9.81. The third-order valence-corrected chi connectivity index (χ3v) is 5.67. The van der Waals surface area contributed by atoms with Gasteiger partial charge in [-0.2, -0.15) is 23.5 Å². The van der Waals surface area contributed by atoms with Crippen molar-refractivity contribution < 1.29 is 31.9 Å². The van der Waals surface area contributed by atoms with Gasteiger partial charge in [0.1, 0.15) is 23.2 Å². The van der Waals surface area contributed by atoms with E-state index in [0.717, 1.165) is 12.3 Å². The van der Waals surface area contributed by atoms with E-state index in [1.54, 1.807) is 6.92 Å². The molecular weight excluding hydrogens is 533 g/mol. The maximum absolute atomic E-state index is 13.2. The van der Waals surface area contributed by atoms with Crippen molar-refractivity contribution in [3.8, 4) is 23.3 Å². The van der Waals surface area contributed by atoms with Crippen molar-refractivity contribution in [2.24, 2.45) is 5.10 Å². The molecule has 0 radical (unpaired) electrons. The normalized spacial score (nSPS) is 11.5. The largest absolute Gasteiger partial charge is 0.467 e. The minimum Gasteiger partial charge on any atom is -0.467 e. The van der Waals surface area contributed by atoms with Crippen LogP contribution < -0.4 is 10.2 Å². The Morgan fingerprint density at radius 3 is 2.74 bits per heavy atom. The minimum absolute atomic E-state index is 0.00149. The number of aryl methyl sites for hydroxylation is 1. The molecule has 8 nitrogen and oxygen atoms in total. The number of furan rings is 1. The molecule has 3 aromatic rings. The van der Waals surface area contributed by atoms with Gasteiger partial charge >= 0.3 is 6.18 Å². The van der Waals surface area contributed by atoms with E-state index in [2.05, 4.69) is 31.4 Å². The zero-order valence-corrected chi connectivity index (χ0v) is 20.0. The van der Waals surface area contributed by atoms with Crippen molar-refractivity contribution in [1.29, 1.82) is 5.26 Å². The van der Waals surface area contributed by atoms with Crippen LogP contribution in [0, 0.1) is 18.3 Å². The molecule has 0 aliphatic carbocycles. The van der Waals surface area contributed by atoms with Crippen LogP contribution in [0.1, 0.15) is 28.1 Å². The first-order valence-electron chi connectivity index (χ1n) is 9.94.